The third-order valence-corrected chi connectivity index (χ3v) is 5.67. The molecule has 1 saturated heterocycles. The van der Waals surface area contributed by atoms with Crippen molar-refractivity contribution in [2.45, 2.75) is 31.7 Å². The fourth-order valence-corrected chi connectivity index (χ4v) is 4.39. The van der Waals surface area contributed by atoms with Gasteiger partial charge in [0.2, 0.25) is 5.91 Å². The molecule has 1 saturated carbocycles. The molecule has 118 valence electrons. The van der Waals surface area contributed by atoms with Gasteiger partial charge in [0.05, 0.1) is 6.61 Å². The lowest BCUT2D eigenvalue weighted by Crippen LogP contribution is -2.50. The van der Waals surface area contributed by atoms with Crippen molar-refractivity contribution in [1.82, 2.24) is 10.6 Å². The molecule has 2 heterocycles. The van der Waals surface area contributed by atoms with E-state index in [1.54, 1.807) is 0 Å². The van der Waals surface area contributed by atoms with E-state index in [1.807, 2.05) is 12.1 Å². The van der Waals surface area contributed by atoms with Crippen molar-refractivity contribution in [2.75, 3.05) is 19.7 Å². The van der Waals surface area contributed by atoms with E-state index in [-0.39, 0.29) is 17.4 Å². The lowest BCUT2D eigenvalue weighted by molar-refractivity contribution is -0.125. The van der Waals surface area contributed by atoms with Crippen LogP contribution in [0.1, 0.15) is 31.7 Å². The summed E-state index contributed by atoms with van der Waals surface area (Å²) in [7, 11) is 0. The van der Waals surface area contributed by atoms with Gasteiger partial charge < -0.3 is 15.4 Å². The molecule has 4 atom stereocenters. The van der Waals surface area contributed by atoms with Crippen LogP contribution in [0, 0.1) is 17.8 Å². The second-order valence-corrected chi connectivity index (χ2v) is 7.45. The molecule has 1 aromatic rings. The highest BCUT2D eigenvalue weighted by atomic mass is 16.5. The Morgan fingerprint density at radius 3 is 2.77 bits per heavy atom. The first-order valence-electron chi connectivity index (χ1n) is 8.32. The highest BCUT2D eigenvalue weighted by molar-refractivity contribution is 5.83. The summed E-state index contributed by atoms with van der Waals surface area (Å²) in [4.78, 5) is 12.6. The molecule has 2 N–H and O–H groups in total. The lowest BCUT2D eigenvalue weighted by Gasteiger charge is -2.39. The molecular formula is C18H24N2O2. The first-order chi connectivity index (χ1) is 10.6. The summed E-state index contributed by atoms with van der Waals surface area (Å²) in [5, 5.41) is 6.68. The molecular weight excluding hydrogens is 276 g/mol. The number of hydrogen-bond acceptors (Lipinski definition) is 3. The molecule has 0 spiro atoms. The quantitative estimate of drug-likeness (QED) is 0.896. The predicted octanol–water partition coefficient (Wildman–Crippen LogP) is 1.91. The van der Waals surface area contributed by atoms with Crippen LogP contribution in [-0.4, -0.2) is 31.1 Å². The molecule has 3 aliphatic rings. The Labute approximate surface area is 131 Å². The standard InChI is InChI=1S/C18H24N2O2/c1-18(2,20-17(21)16-12-9-19-10-13(12)16)14-7-8-22-15-6-4-3-5-11(14)15/h3-6,12-14,16,19H,7-10H2,1-2H3,(H,20,21)/t12-,13+,14?,16?. The van der Waals surface area contributed by atoms with Gasteiger partial charge in [0.15, 0.2) is 0 Å². The molecule has 2 fully saturated rings. The maximum absolute atomic E-state index is 12.6. The van der Waals surface area contributed by atoms with Gasteiger partial charge in [-0.3, -0.25) is 4.79 Å². The Bertz CT molecular complexity index is 589. The number of fused-ring (bicyclic) bond motifs is 2. The van der Waals surface area contributed by atoms with Gasteiger partial charge in [-0.05, 0) is 56.8 Å². The maximum atomic E-state index is 12.6. The van der Waals surface area contributed by atoms with E-state index in [4.69, 9.17) is 4.74 Å². The summed E-state index contributed by atoms with van der Waals surface area (Å²) in [5.74, 6) is 2.88. The van der Waals surface area contributed by atoms with E-state index < -0.39 is 0 Å². The minimum absolute atomic E-state index is 0.232. The highest BCUT2D eigenvalue weighted by Gasteiger charge is 2.57. The molecule has 0 aromatic heterocycles. The van der Waals surface area contributed by atoms with Crippen LogP contribution < -0.4 is 15.4 Å². The van der Waals surface area contributed by atoms with Gasteiger partial charge in [0.25, 0.3) is 0 Å². The van der Waals surface area contributed by atoms with Crippen LogP contribution in [-0.2, 0) is 4.79 Å². The Hall–Kier alpha value is -1.55. The molecule has 2 unspecified atom stereocenters. The Morgan fingerprint density at radius 2 is 2.00 bits per heavy atom. The topological polar surface area (TPSA) is 50.4 Å². The van der Waals surface area contributed by atoms with E-state index in [0.717, 1.165) is 31.9 Å². The van der Waals surface area contributed by atoms with Crippen LogP contribution in [0.15, 0.2) is 24.3 Å². The van der Waals surface area contributed by atoms with Gasteiger partial charge in [-0.25, -0.2) is 0 Å². The molecule has 1 amide bonds. The first-order valence-corrected chi connectivity index (χ1v) is 8.32. The molecule has 4 heteroatoms. The number of benzene rings is 1. The fourth-order valence-electron chi connectivity index (χ4n) is 4.39. The zero-order valence-corrected chi connectivity index (χ0v) is 13.3. The molecule has 1 aliphatic carbocycles. The maximum Gasteiger partial charge on any atom is 0.224 e. The normalized spacial score (nSPS) is 32.6. The largest absolute Gasteiger partial charge is 0.493 e. The minimum Gasteiger partial charge on any atom is -0.493 e. The molecule has 4 nitrogen and oxygen atoms in total. The van der Waals surface area contributed by atoms with Crippen molar-refractivity contribution in [3.05, 3.63) is 29.8 Å². The average Bonchev–Trinajstić information content (AvgIpc) is 3.00. The molecule has 1 aromatic carbocycles. The van der Waals surface area contributed by atoms with Crippen molar-refractivity contribution in [2.24, 2.45) is 17.8 Å². The van der Waals surface area contributed by atoms with E-state index in [0.29, 0.717) is 17.8 Å². The fraction of sp³-hybridized carbons (Fsp3) is 0.611. The number of piperidine rings is 1. The number of hydrogen-bond donors (Lipinski definition) is 2. The summed E-state index contributed by atoms with van der Waals surface area (Å²) >= 11 is 0. The Balaban J connectivity index is 1.50. The van der Waals surface area contributed by atoms with E-state index in [1.165, 1.54) is 5.56 Å². The SMILES string of the molecule is CC(C)(NC(=O)C1[C@H]2CNC[C@@H]12)C1CCOc2ccccc21. The summed E-state index contributed by atoms with van der Waals surface area (Å²) in [6, 6.07) is 8.21. The molecule has 2 aliphatic heterocycles. The van der Waals surface area contributed by atoms with Gasteiger partial charge in [0.1, 0.15) is 5.75 Å². The van der Waals surface area contributed by atoms with E-state index >= 15 is 0 Å². The highest BCUT2D eigenvalue weighted by Crippen LogP contribution is 2.49. The first kappa shape index (κ1) is 14.1. The number of carbonyl (C=O) groups is 1. The van der Waals surface area contributed by atoms with Crippen molar-refractivity contribution in [3.63, 3.8) is 0 Å². The van der Waals surface area contributed by atoms with Crippen LogP contribution in [0.4, 0.5) is 0 Å². The van der Waals surface area contributed by atoms with Gasteiger partial charge >= 0.3 is 0 Å². The van der Waals surface area contributed by atoms with Gasteiger partial charge in [-0.1, -0.05) is 18.2 Å². The van der Waals surface area contributed by atoms with Gasteiger partial charge in [0, 0.05) is 17.4 Å². The average molecular weight is 300 g/mol. The number of para-hydroxylation sites is 1. The summed E-state index contributed by atoms with van der Waals surface area (Å²) < 4.78 is 5.75. The van der Waals surface area contributed by atoms with Gasteiger partial charge in [-0.2, -0.15) is 0 Å². The number of nitrogens with one attached hydrogen (secondary N) is 2. The zero-order chi connectivity index (χ0) is 15.3. The summed E-state index contributed by atoms with van der Waals surface area (Å²) in [6.07, 6.45) is 0.948. The Kier molecular flexibility index (Phi) is 3.19. The van der Waals surface area contributed by atoms with Crippen molar-refractivity contribution in [1.29, 1.82) is 0 Å². The number of rotatable bonds is 3. The molecule has 4 rings (SSSR count). The Morgan fingerprint density at radius 1 is 1.27 bits per heavy atom. The zero-order valence-electron chi connectivity index (χ0n) is 13.3. The van der Waals surface area contributed by atoms with E-state index in [9.17, 15) is 4.79 Å². The minimum atomic E-state index is -0.249. The summed E-state index contributed by atoms with van der Waals surface area (Å²) in [6.45, 7) is 7.02. The van der Waals surface area contributed by atoms with Crippen LogP contribution in [0.5, 0.6) is 5.75 Å². The van der Waals surface area contributed by atoms with Crippen LogP contribution >= 0.6 is 0 Å². The van der Waals surface area contributed by atoms with Crippen molar-refractivity contribution >= 4 is 5.91 Å². The monoisotopic (exact) mass is 300 g/mol. The van der Waals surface area contributed by atoms with Gasteiger partial charge in [-0.15, -0.1) is 0 Å². The second kappa shape index (κ2) is 4.98. The molecule has 22 heavy (non-hydrogen) atoms. The molecule has 0 bridgehead atoms. The second-order valence-electron chi connectivity index (χ2n) is 7.45. The van der Waals surface area contributed by atoms with Crippen molar-refractivity contribution < 1.29 is 9.53 Å². The van der Waals surface area contributed by atoms with Crippen LogP contribution in [0.2, 0.25) is 0 Å². The number of carbonyl (C=O) groups excluding carboxylic acids is 1. The van der Waals surface area contributed by atoms with Crippen LogP contribution in [0.25, 0.3) is 0 Å². The lowest BCUT2D eigenvalue weighted by atomic mass is 9.78. The summed E-state index contributed by atoms with van der Waals surface area (Å²) in [5.41, 5.74) is 0.970. The number of amides is 1. The van der Waals surface area contributed by atoms with E-state index in [2.05, 4.69) is 36.6 Å². The third kappa shape index (κ3) is 2.21. The predicted molar refractivity (Wildman–Crippen MR) is 84.9 cm³/mol. The smallest absolute Gasteiger partial charge is 0.224 e. The third-order valence-electron chi connectivity index (χ3n) is 5.67. The van der Waals surface area contributed by atoms with Crippen molar-refractivity contribution in [3.8, 4) is 5.75 Å². The number of ether oxygens (including phenoxy) is 1. The van der Waals surface area contributed by atoms with Crippen LogP contribution in [0.3, 0.4) is 0 Å². The molecule has 0 radical (unpaired) electrons.